The quantitative estimate of drug-likeness (QED) is 0.744. The van der Waals surface area contributed by atoms with Crippen molar-refractivity contribution >= 4 is 22.9 Å². The van der Waals surface area contributed by atoms with E-state index in [1.807, 2.05) is 30.3 Å². The van der Waals surface area contributed by atoms with Gasteiger partial charge in [-0.15, -0.1) is 0 Å². The molecule has 5 heteroatoms. The number of para-hydroxylation sites is 1. The molecule has 0 spiro atoms. The second-order valence-electron chi connectivity index (χ2n) is 4.51. The highest BCUT2D eigenvalue weighted by atomic mass is 16.5. The topological polar surface area (TPSA) is 67.9 Å². The second-order valence-corrected chi connectivity index (χ2v) is 4.51. The lowest BCUT2D eigenvalue weighted by molar-refractivity contribution is -0.112. The lowest BCUT2D eigenvalue weighted by atomic mass is 10.2. The van der Waals surface area contributed by atoms with Crippen molar-refractivity contribution in [2.75, 3.05) is 0 Å². The summed E-state index contributed by atoms with van der Waals surface area (Å²) in [6.07, 6.45) is 6.44. The second kappa shape index (κ2) is 5.58. The first-order valence-corrected chi connectivity index (χ1v) is 6.47. The molecule has 3 aromatic rings. The zero-order valence-corrected chi connectivity index (χ0v) is 11.4. The van der Waals surface area contributed by atoms with Crippen LogP contribution >= 0.6 is 0 Å². The number of nitrogens with one attached hydrogen (secondary N) is 1. The number of rotatable bonds is 4. The first-order chi connectivity index (χ1) is 10.2. The Bertz CT molecular complexity index is 807. The van der Waals surface area contributed by atoms with Crippen molar-refractivity contribution in [3.63, 3.8) is 0 Å². The van der Waals surface area contributed by atoms with Crippen LogP contribution in [0.2, 0.25) is 0 Å². The summed E-state index contributed by atoms with van der Waals surface area (Å²) in [5.41, 5.74) is 1.48. The van der Waals surface area contributed by atoms with Crippen molar-refractivity contribution in [1.29, 1.82) is 0 Å². The van der Waals surface area contributed by atoms with Crippen LogP contribution in [0.3, 0.4) is 0 Å². The minimum absolute atomic E-state index is 0.0215. The van der Waals surface area contributed by atoms with Gasteiger partial charge in [-0.05, 0) is 31.2 Å². The Morgan fingerprint density at radius 3 is 2.81 bits per heavy atom. The molecule has 0 aliphatic carbocycles. The van der Waals surface area contributed by atoms with E-state index in [-0.39, 0.29) is 5.78 Å². The van der Waals surface area contributed by atoms with Gasteiger partial charge in [-0.1, -0.05) is 18.2 Å². The highest BCUT2D eigenvalue weighted by molar-refractivity contribution is 5.96. The Hall–Kier alpha value is -2.95. The Morgan fingerprint density at radius 2 is 2.05 bits per heavy atom. The number of ether oxygens (including phenoxy) is 1. The molecule has 1 N–H and O–H groups in total. The van der Waals surface area contributed by atoms with Gasteiger partial charge in [0.05, 0.1) is 5.39 Å². The normalized spacial score (nSPS) is 11.1. The number of nitrogens with zero attached hydrogens (tertiary/aromatic N) is 2. The lowest BCUT2D eigenvalue weighted by Gasteiger charge is -2.05. The fraction of sp³-hybridized carbons (Fsp3) is 0.0625. The molecule has 0 radical (unpaired) electrons. The van der Waals surface area contributed by atoms with Gasteiger partial charge >= 0.3 is 0 Å². The predicted molar refractivity (Wildman–Crippen MR) is 80.1 cm³/mol. The van der Waals surface area contributed by atoms with Crippen molar-refractivity contribution in [3.05, 3.63) is 54.5 Å². The summed E-state index contributed by atoms with van der Waals surface area (Å²) in [5.74, 6) is 1.13. The highest BCUT2D eigenvalue weighted by Gasteiger charge is 2.11. The molecule has 3 rings (SSSR count). The van der Waals surface area contributed by atoms with Gasteiger partial charge in [-0.3, -0.25) is 4.79 Å². The molecule has 0 unspecified atom stereocenters. The minimum atomic E-state index is -0.0215. The van der Waals surface area contributed by atoms with Crippen LogP contribution in [0.15, 0.2) is 48.9 Å². The molecule has 0 saturated heterocycles. The third-order valence-electron chi connectivity index (χ3n) is 2.92. The van der Waals surface area contributed by atoms with Crippen LogP contribution in [0.4, 0.5) is 0 Å². The summed E-state index contributed by atoms with van der Waals surface area (Å²) in [5, 5.41) is 0.749. The Kier molecular flexibility index (Phi) is 3.47. The molecule has 104 valence electrons. The number of H-pyrrole nitrogens is 1. The largest absolute Gasteiger partial charge is 0.438 e. The van der Waals surface area contributed by atoms with Crippen LogP contribution in [0, 0.1) is 0 Å². The van der Waals surface area contributed by atoms with E-state index in [1.165, 1.54) is 19.3 Å². The summed E-state index contributed by atoms with van der Waals surface area (Å²) in [7, 11) is 0. The van der Waals surface area contributed by atoms with Crippen molar-refractivity contribution < 1.29 is 9.53 Å². The maximum atomic E-state index is 11.1. The smallest absolute Gasteiger partial charge is 0.232 e. The van der Waals surface area contributed by atoms with Crippen LogP contribution in [0.5, 0.6) is 11.6 Å². The standard InChI is InChI=1S/C16H13N3O2/c1-11(20)7-8-12-9-17-15-14(12)16(19-10-18-15)21-13-5-3-2-4-6-13/h2-10H,1H3,(H,17,18,19)/b8-7+. The van der Waals surface area contributed by atoms with E-state index in [2.05, 4.69) is 15.0 Å². The van der Waals surface area contributed by atoms with E-state index >= 15 is 0 Å². The van der Waals surface area contributed by atoms with E-state index in [9.17, 15) is 4.79 Å². The van der Waals surface area contributed by atoms with Crippen LogP contribution in [-0.2, 0) is 4.79 Å². The molecule has 0 fully saturated rings. The Labute approximate surface area is 121 Å². The third-order valence-corrected chi connectivity index (χ3v) is 2.92. The number of aromatic amines is 1. The Morgan fingerprint density at radius 1 is 1.24 bits per heavy atom. The first kappa shape index (κ1) is 13.1. The first-order valence-electron chi connectivity index (χ1n) is 6.47. The van der Waals surface area contributed by atoms with E-state index in [0.29, 0.717) is 17.3 Å². The van der Waals surface area contributed by atoms with E-state index < -0.39 is 0 Å². The zero-order chi connectivity index (χ0) is 14.7. The van der Waals surface area contributed by atoms with Gasteiger partial charge in [0.15, 0.2) is 5.78 Å². The van der Waals surface area contributed by atoms with Crippen LogP contribution < -0.4 is 4.74 Å². The van der Waals surface area contributed by atoms with Crippen LogP contribution in [-0.4, -0.2) is 20.7 Å². The predicted octanol–water partition coefficient (Wildman–Crippen LogP) is 3.35. The molecule has 0 bridgehead atoms. The summed E-state index contributed by atoms with van der Waals surface area (Å²) >= 11 is 0. The van der Waals surface area contributed by atoms with E-state index in [4.69, 9.17) is 4.74 Å². The molecule has 21 heavy (non-hydrogen) atoms. The number of allylic oxidation sites excluding steroid dienone is 1. The molecule has 1 aromatic carbocycles. The van der Waals surface area contributed by atoms with Crippen LogP contribution in [0.25, 0.3) is 17.1 Å². The summed E-state index contributed by atoms with van der Waals surface area (Å²) < 4.78 is 5.81. The van der Waals surface area contributed by atoms with Gasteiger partial charge in [0.25, 0.3) is 0 Å². The zero-order valence-electron chi connectivity index (χ0n) is 11.4. The van der Waals surface area contributed by atoms with Crippen molar-refractivity contribution in [2.45, 2.75) is 6.92 Å². The molecule has 0 saturated carbocycles. The number of fused-ring (bicyclic) bond motifs is 1. The number of aromatic nitrogens is 3. The molecule has 0 atom stereocenters. The van der Waals surface area contributed by atoms with Gasteiger partial charge in [-0.25, -0.2) is 9.97 Å². The number of ketones is 1. The number of hydrogen-bond donors (Lipinski definition) is 1. The van der Waals surface area contributed by atoms with Gasteiger partial charge in [-0.2, -0.15) is 0 Å². The van der Waals surface area contributed by atoms with Crippen LogP contribution in [0.1, 0.15) is 12.5 Å². The van der Waals surface area contributed by atoms with Gasteiger partial charge in [0, 0.05) is 11.8 Å². The average Bonchev–Trinajstić information content (AvgIpc) is 2.90. The average molecular weight is 279 g/mol. The molecule has 0 aliphatic heterocycles. The van der Waals surface area contributed by atoms with Gasteiger partial charge in [0.1, 0.15) is 17.7 Å². The monoisotopic (exact) mass is 279 g/mol. The number of carbonyl (C=O) groups is 1. The molecule has 2 aromatic heterocycles. The van der Waals surface area contributed by atoms with Crippen molar-refractivity contribution in [1.82, 2.24) is 15.0 Å². The number of carbonyl (C=O) groups excluding carboxylic acids is 1. The highest BCUT2D eigenvalue weighted by Crippen LogP contribution is 2.29. The minimum Gasteiger partial charge on any atom is -0.438 e. The fourth-order valence-corrected chi connectivity index (χ4v) is 1.97. The molecular weight excluding hydrogens is 266 g/mol. The number of hydrogen-bond acceptors (Lipinski definition) is 4. The molecule has 0 aliphatic rings. The summed E-state index contributed by atoms with van der Waals surface area (Å²) in [6, 6.07) is 9.40. The lowest BCUT2D eigenvalue weighted by Crippen LogP contribution is -1.91. The maximum Gasteiger partial charge on any atom is 0.232 e. The summed E-state index contributed by atoms with van der Waals surface area (Å²) in [6.45, 7) is 1.50. The van der Waals surface area contributed by atoms with Crippen molar-refractivity contribution in [2.24, 2.45) is 0 Å². The molecule has 0 amide bonds. The maximum absolute atomic E-state index is 11.1. The fourth-order valence-electron chi connectivity index (χ4n) is 1.97. The summed E-state index contributed by atoms with van der Waals surface area (Å²) in [4.78, 5) is 22.5. The van der Waals surface area contributed by atoms with Crippen molar-refractivity contribution in [3.8, 4) is 11.6 Å². The van der Waals surface area contributed by atoms with E-state index in [0.717, 1.165) is 10.9 Å². The SMILES string of the molecule is CC(=O)/C=C/c1c[nH]c2ncnc(Oc3ccccc3)c12. The number of benzene rings is 1. The third kappa shape index (κ3) is 2.81. The van der Waals surface area contributed by atoms with Gasteiger partial charge in [0.2, 0.25) is 5.88 Å². The molecule has 2 heterocycles. The molecular formula is C16H13N3O2. The Balaban J connectivity index is 2.06. The van der Waals surface area contributed by atoms with Gasteiger partial charge < -0.3 is 9.72 Å². The molecule has 5 nitrogen and oxygen atoms in total. The van der Waals surface area contributed by atoms with E-state index in [1.54, 1.807) is 12.3 Å².